The summed E-state index contributed by atoms with van der Waals surface area (Å²) in [5.74, 6) is 1.35. The van der Waals surface area contributed by atoms with Crippen molar-refractivity contribution in [2.45, 2.75) is 20.4 Å². The number of anilines is 1. The van der Waals surface area contributed by atoms with Gasteiger partial charge in [0.15, 0.2) is 5.69 Å². The lowest BCUT2D eigenvalue weighted by atomic mass is 10.1. The van der Waals surface area contributed by atoms with Crippen LogP contribution in [0.1, 0.15) is 12.5 Å². The minimum absolute atomic E-state index is 0.0344. The molecule has 0 fully saturated rings. The van der Waals surface area contributed by atoms with E-state index in [1.807, 2.05) is 74.5 Å². The number of fused-ring (bicyclic) bond motifs is 1. The molecule has 34 heavy (non-hydrogen) atoms. The number of rotatable bonds is 7. The summed E-state index contributed by atoms with van der Waals surface area (Å²) in [4.78, 5) is 17.3. The molecule has 2 aromatic heterocycles. The van der Waals surface area contributed by atoms with Crippen molar-refractivity contribution in [2.24, 2.45) is 0 Å². The van der Waals surface area contributed by atoms with Crippen molar-refractivity contribution < 1.29 is 14.1 Å². The van der Waals surface area contributed by atoms with Gasteiger partial charge in [-0.2, -0.15) is 10.1 Å². The molecule has 0 atom stereocenters. The van der Waals surface area contributed by atoms with Crippen molar-refractivity contribution in [3.8, 4) is 28.7 Å². The smallest absolute Gasteiger partial charge is 0.279 e. The Morgan fingerprint density at radius 2 is 1.79 bits per heavy atom. The van der Waals surface area contributed by atoms with Gasteiger partial charge < -0.3 is 14.6 Å². The fourth-order valence-electron chi connectivity index (χ4n) is 3.68. The van der Waals surface area contributed by atoms with Gasteiger partial charge in [0.25, 0.3) is 5.89 Å². The molecule has 8 nitrogen and oxygen atoms in total. The second-order valence-corrected chi connectivity index (χ2v) is 7.82. The number of nitrogens with one attached hydrogen (secondary N) is 1. The van der Waals surface area contributed by atoms with Crippen molar-refractivity contribution >= 4 is 22.5 Å². The van der Waals surface area contributed by atoms with Gasteiger partial charge in [0.1, 0.15) is 12.3 Å². The first-order chi connectivity index (χ1) is 16.6. The molecule has 0 radical (unpaired) electrons. The van der Waals surface area contributed by atoms with Crippen molar-refractivity contribution in [3.05, 3.63) is 78.4 Å². The number of aryl methyl sites for hydroxylation is 1. The molecule has 5 aromatic rings. The third kappa shape index (κ3) is 4.38. The standard InChI is InChI=1S/C26H23N5O3/c1-3-33-20-14-12-19(13-15-20)27-23(32)16-31-22-7-5-4-6-21(22)24(29-31)26-28-25(30-34-26)18-10-8-17(2)9-11-18/h4-15H,3,16H2,1-2H3,(H,27,32). The summed E-state index contributed by atoms with van der Waals surface area (Å²) in [6, 6.07) is 22.8. The first-order valence-electron chi connectivity index (χ1n) is 11.0. The maximum Gasteiger partial charge on any atom is 0.279 e. The van der Waals surface area contributed by atoms with E-state index >= 15 is 0 Å². The predicted molar refractivity (Wildman–Crippen MR) is 129 cm³/mol. The van der Waals surface area contributed by atoms with E-state index < -0.39 is 0 Å². The van der Waals surface area contributed by atoms with Crippen LogP contribution in [0.3, 0.4) is 0 Å². The second kappa shape index (κ2) is 9.19. The van der Waals surface area contributed by atoms with Crippen LogP contribution >= 0.6 is 0 Å². The summed E-state index contributed by atoms with van der Waals surface area (Å²) in [7, 11) is 0. The Kier molecular flexibility index (Phi) is 5.78. The molecule has 1 N–H and O–H groups in total. The average Bonchev–Trinajstić information content (AvgIpc) is 3.47. The molecule has 0 aliphatic rings. The monoisotopic (exact) mass is 453 g/mol. The number of para-hydroxylation sites is 1. The third-order valence-electron chi connectivity index (χ3n) is 5.34. The minimum atomic E-state index is -0.199. The lowest BCUT2D eigenvalue weighted by Gasteiger charge is -2.08. The zero-order valence-corrected chi connectivity index (χ0v) is 18.9. The van der Waals surface area contributed by atoms with E-state index in [1.54, 1.807) is 16.8 Å². The van der Waals surface area contributed by atoms with Crippen molar-refractivity contribution in [2.75, 3.05) is 11.9 Å². The number of hydrogen-bond acceptors (Lipinski definition) is 6. The Balaban J connectivity index is 1.39. The van der Waals surface area contributed by atoms with Gasteiger partial charge in [0.2, 0.25) is 11.7 Å². The molecular weight excluding hydrogens is 430 g/mol. The number of hydrogen-bond donors (Lipinski definition) is 1. The first kappa shape index (κ1) is 21.4. The number of carbonyl (C=O) groups excluding carboxylic acids is 1. The summed E-state index contributed by atoms with van der Waals surface area (Å²) in [5, 5.41) is 12.5. The largest absolute Gasteiger partial charge is 0.494 e. The minimum Gasteiger partial charge on any atom is -0.494 e. The normalized spacial score (nSPS) is 11.0. The molecule has 5 rings (SSSR count). The van der Waals surface area contributed by atoms with Crippen LogP contribution in [-0.4, -0.2) is 32.4 Å². The molecule has 0 saturated heterocycles. The molecular formula is C26H23N5O3. The van der Waals surface area contributed by atoms with E-state index in [-0.39, 0.29) is 12.5 Å². The molecule has 0 bridgehead atoms. The maximum absolute atomic E-state index is 12.7. The van der Waals surface area contributed by atoms with Gasteiger partial charge in [-0.25, -0.2) is 0 Å². The van der Waals surface area contributed by atoms with E-state index in [1.165, 1.54) is 0 Å². The zero-order valence-electron chi connectivity index (χ0n) is 18.9. The fourth-order valence-corrected chi connectivity index (χ4v) is 3.68. The fraction of sp³-hybridized carbons (Fsp3) is 0.154. The summed E-state index contributed by atoms with van der Waals surface area (Å²) in [5.41, 5.74) is 4.04. The first-order valence-corrected chi connectivity index (χ1v) is 11.0. The van der Waals surface area contributed by atoms with E-state index in [0.29, 0.717) is 29.7 Å². The van der Waals surface area contributed by atoms with Crippen LogP contribution in [0.15, 0.2) is 77.3 Å². The molecule has 0 aliphatic carbocycles. The van der Waals surface area contributed by atoms with Crippen LogP contribution in [0.2, 0.25) is 0 Å². The number of nitrogens with zero attached hydrogens (tertiary/aromatic N) is 4. The van der Waals surface area contributed by atoms with Gasteiger partial charge in [-0.3, -0.25) is 9.48 Å². The number of aromatic nitrogens is 4. The lowest BCUT2D eigenvalue weighted by molar-refractivity contribution is -0.116. The molecule has 3 aromatic carbocycles. The summed E-state index contributed by atoms with van der Waals surface area (Å²) < 4.78 is 12.6. The topological polar surface area (TPSA) is 95.1 Å². The van der Waals surface area contributed by atoms with Crippen LogP contribution in [0.25, 0.3) is 33.9 Å². The molecule has 0 spiro atoms. The van der Waals surface area contributed by atoms with Gasteiger partial charge in [-0.1, -0.05) is 53.2 Å². The van der Waals surface area contributed by atoms with E-state index in [4.69, 9.17) is 9.26 Å². The van der Waals surface area contributed by atoms with E-state index in [2.05, 4.69) is 20.6 Å². The Morgan fingerprint density at radius 1 is 1.03 bits per heavy atom. The molecule has 0 unspecified atom stereocenters. The highest BCUT2D eigenvalue weighted by atomic mass is 16.5. The molecule has 0 saturated carbocycles. The van der Waals surface area contributed by atoms with Crippen LogP contribution < -0.4 is 10.1 Å². The molecule has 1 amide bonds. The highest BCUT2D eigenvalue weighted by Crippen LogP contribution is 2.28. The van der Waals surface area contributed by atoms with Gasteiger partial charge in [0, 0.05) is 16.6 Å². The number of amides is 1. The van der Waals surface area contributed by atoms with Crippen LogP contribution in [0.4, 0.5) is 5.69 Å². The third-order valence-corrected chi connectivity index (χ3v) is 5.34. The lowest BCUT2D eigenvalue weighted by Crippen LogP contribution is -2.19. The SMILES string of the molecule is CCOc1ccc(NC(=O)Cn2nc(-c3nc(-c4ccc(C)cc4)no3)c3ccccc32)cc1. The van der Waals surface area contributed by atoms with Crippen molar-refractivity contribution in [1.29, 1.82) is 0 Å². The van der Waals surface area contributed by atoms with Crippen LogP contribution in [-0.2, 0) is 11.3 Å². The highest BCUT2D eigenvalue weighted by Gasteiger charge is 2.19. The summed E-state index contributed by atoms with van der Waals surface area (Å²) in [6.45, 7) is 4.58. The van der Waals surface area contributed by atoms with E-state index in [0.717, 1.165) is 27.8 Å². The number of benzene rings is 3. The Hall–Kier alpha value is -4.46. The van der Waals surface area contributed by atoms with Crippen LogP contribution in [0, 0.1) is 6.92 Å². The van der Waals surface area contributed by atoms with Crippen molar-refractivity contribution in [1.82, 2.24) is 19.9 Å². The number of ether oxygens (including phenoxy) is 1. The molecule has 8 heteroatoms. The van der Waals surface area contributed by atoms with Gasteiger partial charge >= 0.3 is 0 Å². The Bertz CT molecular complexity index is 1440. The molecule has 2 heterocycles. The predicted octanol–water partition coefficient (Wildman–Crippen LogP) is 5.10. The summed E-state index contributed by atoms with van der Waals surface area (Å²) in [6.07, 6.45) is 0. The maximum atomic E-state index is 12.7. The van der Waals surface area contributed by atoms with Crippen LogP contribution in [0.5, 0.6) is 5.75 Å². The van der Waals surface area contributed by atoms with Gasteiger partial charge in [-0.05, 0) is 44.2 Å². The molecule has 170 valence electrons. The van der Waals surface area contributed by atoms with Gasteiger partial charge in [0.05, 0.1) is 12.1 Å². The van der Waals surface area contributed by atoms with E-state index in [9.17, 15) is 4.79 Å². The quantitative estimate of drug-likeness (QED) is 0.368. The van der Waals surface area contributed by atoms with Gasteiger partial charge in [-0.15, -0.1) is 0 Å². The molecule has 0 aliphatic heterocycles. The Labute approximate surface area is 196 Å². The number of carbonyl (C=O) groups is 1. The summed E-state index contributed by atoms with van der Waals surface area (Å²) >= 11 is 0. The zero-order chi connectivity index (χ0) is 23.5. The van der Waals surface area contributed by atoms with Crippen molar-refractivity contribution in [3.63, 3.8) is 0 Å². The second-order valence-electron chi connectivity index (χ2n) is 7.82. The average molecular weight is 454 g/mol. The Morgan fingerprint density at radius 3 is 2.56 bits per heavy atom. The highest BCUT2D eigenvalue weighted by molar-refractivity contribution is 5.94.